The number of aromatic nitrogens is 2. The molecule has 0 aliphatic heterocycles. The van der Waals surface area contributed by atoms with Crippen molar-refractivity contribution in [1.29, 1.82) is 0 Å². The van der Waals surface area contributed by atoms with Gasteiger partial charge in [0.05, 0.1) is 4.92 Å². The number of benzene rings is 1. The lowest BCUT2D eigenvalue weighted by atomic mass is 10.1. The number of nitrogens with two attached hydrogens (primary N) is 1. The highest BCUT2D eigenvalue weighted by molar-refractivity contribution is 5.41. The Bertz CT molecular complexity index is 551. The molecule has 0 aliphatic carbocycles. The normalized spacial score (nSPS) is 10.5. The summed E-state index contributed by atoms with van der Waals surface area (Å²) in [4.78, 5) is 14.8. The van der Waals surface area contributed by atoms with Crippen LogP contribution in [0.15, 0.2) is 36.7 Å². The Labute approximate surface area is 104 Å². The van der Waals surface area contributed by atoms with Crippen LogP contribution in [0, 0.1) is 10.1 Å². The number of nitro benzene ring substituents is 1. The van der Waals surface area contributed by atoms with Gasteiger partial charge in [-0.25, -0.2) is 4.98 Å². The molecule has 0 unspecified atom stereocenters. The van der Waals surface area contributed by atoms with Gasteiger partial charge in [0.25, 0.3) is 5.69 Å². The van der Waals surface area contributed by atoms with Crippen LogP contribution in [0.25, 0.3) is 0 Å². The Morgan fingerprint density at radius 2 is 2.17 bits per heavy atom. The molecule has 0 atom stereocenters. The Hall–Kier alpha value is -2.21. The molecule has 0 amide bonds. The van der Waals surface area contributed by atoms with E-state index < -0.39 is 0 Å². The van der Waals surface area contributed by atoms with Crippen molar-refractivity contribution < 1.29 is 4.92 Å². The molecule has 0 bridgehead atoms. The summed E-state index contributed by atoms with van der Waals surface area (Å²) in [6.07, 6.45) is 3.95. The molecule has 94 valence electrons. The monoisotopic (exact) mass is 246 g/mol. The lowest BCUT2D eigenvalue weighted by Gasteiger charge is -2.06. The summed E-state index contributed by atoms with van der Waals surface area (Å²) in [5, 5.41) is 10.9. The standard InChI is InChI=1S/C12H14N4O2/c13-5-7-15-8-6-14-12(15)9-10-3-1-2-4-11(10)16(17)18/h1-4,6,8H,5,7,9,13H2. The van der Waals surface area contributed by atoms with Crippen LogP contribution in [0.1, 0.15) is 11.4 Å². The first-order valence-electron chi connectivity index (χ1n) is 5.64. The third-order valence-corrected chi connectivity index (χ3v) is 2.71. The maximum absolute atomic E-state index is 10.9. The first kappa shape index (κ1) is 12.3. The van der Waals surface area contributed by atoms with Crippen molar-refractivity contribution in [2.75, 3.05) is 6.54 Å². The van der Waals surface area contributed by atoms with E-state index in [4.69, 9.17) is 5.73 Å². The summed E-state index contributed by atoms with van der Waals surface area (Å²) >= 11 is 0. The van der Waals surface area contributed by atoms with Crippen molar-refractivity contribution in [3.05, 3.63) is 58.2 Å². The van der Waals surface area contributed by atoms with Crippen molar-refractivity contribution in [1.82, 2.24) is 9.55 Å². The van der Waals surface area contributed by atoms with Crippen LogP contribution < -0.4 is 5.73 Å². The molecule has 0 spiro atoms. The molecular formula is C12H14N4O2. The largest absolute Gasteiger partial charge is 0.333 e. The van der Waals surface area contributed by atoms with Crippen LogP contribution in [-0.2, 0) is 13.0 Å². The predicted octanol–water partition coefficient (Wildman–Crippen LogP) is 1.34. The minimum Gasteiger partial charge on any atom is -0.333 e. The number of hydrogen-bond acceptors (Lipinski definition) is 4. The summed E-state index contributed by atoms with van der Waals surface area (Å²) < 4.78 is 1.91. The number of para-hydroxylation sites is 1. The van der Waals surface area contributed by atoms with E-state index in [1.807, 2.05) is 10.8 Å². The highest BCUT2D eigenvalue weighted by Crippen LogP contribution is 2.20. The zero-order valence-electron chi connectivity index (χ0n) is 9.82. The van der Waals surface area contributed by atoms with Gasteiger partial charge in [0.2, 0.25) is 0 Å². The van der Waals surface area contributed by atoms with Gasteiger partial charge in [-0.3, -0.25) is 10.1 Å². The number of nitro groups is 1. The van der Waals surface area contributed by atoms with E-state index in [0.717, 1.165) is 5.82 Å². The zero-order valence-corrected chi connectivity index (χ0v) is 9.82. The summed E-state index contributed by atoms with van der Waals surface area (Å²) in [6.45, 7) is 1.18. The molecule has 1 heterocycles. The fourth-order valence-electron chi connectivity index (χ4n) is 1.86. The minimum absolute atomic E-state index is 0.125. The molecule has 6 heteroatoms. The van der Waals surface area contributed by atoms with E-state index in [9.17, 15) is 10.1 Å². The van der Waals surface area contributed by atoms with Crippen LogP contribution in [0.4, 0.5) is 5.69 Å². The molecule has 1 aromatic heterocycles. The quantitative estimate of drug-likeness (QED) is 0.637. The second-order valence-electron chi connectivity index (χ2n) is 3.89. The number of rotatable bonds is 5. The number of nitrogens with zero attached hydrogens (tertiary/aromatic N) is 3. The average molecular weight is 246 g/mol. The topological polar surface area (TPSA) is 87.0 Å². The first-order valence-corrected chi connectivity index (χ1v) is 5.64. The molecule has 2 N–H and O–H groups in total. The molecule has 0 fully saturated rings. The van der Waals surface area contributed by atoms with Gasteiger partial charge in [0.1, 0.15) is 5.82 Å². The molecule has 2 aromatic rings. The molecule has 18 heavy (non-hydrogen) atoms. The van der Waals surface area contributed by atoms with Gasteiger partial charge >= 0.3 is 0 Å². The van der Waals surface area contributed by atoms with Crippen molar-refractivity contribution in [2.24, 2.45) is 5.73 Å². The van der Waals surface area contributed by atoms with Gasteiger partial charge in [-0.05, 0) is 0 Å². The van der Waals surface area contributed by atoms with E-state index >= 15 is 0 Å². The lowest BCUT2D eigenvalue weighted by molar-refractivity contribution is -0.385. The molecule has 1 aromatic carbocycles. The smallest absolute Gasteiger partial charge is 0.273 e. The number of hydrogen-bond donors (Lipinski definition) is 1. The Balaban J connectivity index is 2.28. The van der Waals surface area contributed by atoms with Gasteiger partial charge in [-0.2, -0.15) is 0 Å². The summed E-state index contributed by atoms with van der Waals surface area (Å²) in [7, 11) is 0. The van der Waals surface area contributed by atoms with Crippen LogP contribution in [-0.4, -0.2) is 21.0 Å². The van der Waals surface area contributed by atoms with Gasteiger partial charge in [0.15, 0.2) is 0 Å². The third kappa shape index (κ3) is 2.54. The van der Waals surface area contributed by atoms with E-state index in [1.165, 1.54) is 6.07 Å². The molecular weight excluding hydrogens is 232 g/mol. The fourth-order valence-corrected chi connectivity index (χ4v) is 1.86. The van der Waals surface area contributed by atoms with Gasteiger partial charge < -0.3 is 10.3 Å². The SMILES string of the molecule is NCCn1ccnc1Cc1ccccc1[N+](=O)[O-]. The van der Waals surface area contributed by atoms with Crippen LogP contribution >= 0.6 is 0 Å². The van der Waals surface area contributed by atoms with Gasteiger partial charge in [0, 0.05) is 43.5 Å². The maximum Gasteiger partial charge on any atom is 0.273 e. The fraction of sp³-hybridized carbons (Fsp3) is 0.250. The van der Waals surface area contributed by atoms with Crippen LogP contribution in [0.2, 0.25) is 0 Å². The van der Waals surface area contributed by atoms with E-state index in [1.54, 1.807) is 24.4 Å². The first-order chi connectivity index (χ1) is 8.72. The highest BCUT2D eigenvalue weighted by Gasteiger charge is 2.14. The predicted molar refractivity (Wildman–Crippen MR) is 67.2 cm³/mol. The Kier molecular flexibility index (Phi) is 3.69. The van der Waals surface area contributed by atoms with Crippen LogP contribution in [0.5, 0.6) is 0 Å². The third-order valence-electron chi connectivity index (χ3n) is 2.71. The molecule has 2 rings (SSSR count). The minimum atomic E-state index is -0.369. The molecule has 0 saturated carbocycles. The molecule has 0 saturated heterocycles. The highest BCUT2D eigenvalue weighted by atomic mass is 16.6. The average Bonchev–Trinajstić information content (AvgIpc) is 2.78. The van der Waals surface area contributed by atoms with E-state index in [-0.39, 0.29) is 10.6 Å². The molecule has 0 aliphatic rings. The van der Waals surface area contributed by atoms with Gasteiger partial charge in [-0.15, -0.1) is 0 Å². The summed E-state index contributed by atoms with van der Waals surface area (Å²) in [5.41, 5.74) is 6.29. The van der Waals surface area contributed by atoms with E-state index in [0.29, 0.717) is 25.1 Å². The molecule has 0 radical (unpaired) electrons. The second kappa shape index (κ2) is 5.42. The van der Waals surface area contributed by atoms with Crippen molar-refractivity contribution in [3.63, 3.8) is 0 Å². The number of imidazole rings is 1. The zero-order chi connectivity index (χ0) is 13.0. The lowest BCUT2D eigenvalue weighted by Crippen LogP contribution is -2.12. The second-order valence-corrected chi connectivity index (χ2v) is 3.89. The van der Waals surface area contributed by atoms with Gasteiger partial charge in [-0.1, -0.05) is 18.2 Å². The van der Waals surface area contributed by atoms with Crippen molar-refractivity contribution in [3.8, 4) is 0 Å². The van der Waals surface area contributed by atoms with Crippen LogP contribution in [0.3, 0.4) is 0 Å². The summed E-state index contributed by atoms with van der Waals surface area (Å²) in [6, 6.07) is 6.71. The van der Waals surface area contributed by atoms with E-state index in [2.05, 4.69) is 4.98 Å². The Morgan fingerprint density at radius 3 is 2.89 bits per heavy atom. The van der Waals surface area contributed by atoms with Crippen molar-refractivity contribution in [2.45, 2.75) is 13.0 Å². The van der Waals surface area contributed by atoms with Crippen molar-refractivity contribution >= 4 is 5.69 Å². The molecule has 6 nitrogen and oxygen atoms in total. The maximum atomic E-state index is 10.9. The Morgan fingerprint density at radius 1 is 1.39 bits per heavy atom. The summed E-state index contributed by atoms with van der Waals surface area (Å²) in [5.74, 6) is 0.787.